The third kappa shape index (κ3) is 7.70. The second-order valence-electron chi connectivity index (χ2n) is 8.89. The van der Waals surface area contributed by atoms with Crippen LogP contribution in [0.15, 0.2) is 42.5 Å². The van der Waals surface area contributed by atoms with E-state index in [1.54, 1.807) is 0 Å². The second-order valence-corrected chi connectivity index (χ2v) is 8.89. The minimum atomic E-state index is -0.717. The van der Waals surface area contributed by atoms with Gasteiger partial charge in [0.05, 0.1) is 5.52 Å². The van der Waals surface area contributed by atoms with Crippen molar-refractivity contribution in [2.45, 2.75) is 65.8 Å². The lowest BCUT2D eigenvalue weighted by Gasteiger charge is -2.18. The molecule has 0 saturated heterocycles. The fraction of sp³-hybridized carbons (Fsp3) is 0.407. The summed E-state index contributed by atoms with van der Waals surface area (Å²) in [5.41, 5.74) is 14.4. The summed E-state index contributed by atoms with van der Waals surface area (Å²) in [5, 5.41) is 9.97. The summed E-state index contributed by atoms with van der Waals surface area (Å²) in [6, 6.07) is 15.2. The van der Waals surface area contributed by atoms with E-state index < -0.39 is 5.97 Å². The van der Waals surface area contributed by atoms with Crippen molar-refractivity contribution in [2.75, 3.05) is 0 Å². The lowest BCUT2D eigenvalue weighted by Crippen LogP contribution is -2.10. The van der Waals surface area contributed by atoms with Crippen molar-refractivity contribution >= 4 is 41.7 Å². The minimum Gasteiger partial charge on any atom is -0.481 e. The third-order valence-corrected chi connectivity index (χ3v) is 5.74. The van der Waals surface area contributed by atoms with Gasteiger partial charge in [-0.2, -0.15) is 0 Å². The van der Waals surface area contributed by atoms with Gasteiger partial charge in [-0.1, -0.05) is 56.2 Å². The van der Waals surface area contributed by atoms with Crippen LogP contribution in [-0.2, 0) is 24.2 Å². The number of carboxylic acid groups (broad SMARTS) is 1. The van der Waals surface area contributed by atoms with Crippen molar-refractivity contribution < 1.29 is 9.90 Å². The number of unbranched alkanes of at least 4 members (excludes halogenated alkanes) is 2. The minimum absolute atomic E-state index is 0. The largest absolute Gasteiger partial charge is 0.481 e. The van der Waals surface area contributed by atoms with Gasteiger partial charge in [-0.25, -0.2) is 0 Å². The van der Waals surface area contributed by atoms with E-state index in [4.69, 9.17) is 15.8 Å². The Bertz CT molecular complexity index is 1050. The van der Waals surface area contributed by atoms with Gasteiger partial charge in [-0.3, -0.25) is 9.78 Å². The molecule has 4 nitrogen and oxygen atoms in total. The first-order valence-corrected chi connectivity index (χ1v) is 11.3. The van der Waals surface area contributed by atoms with Crippen LogP contribution in [0.4, 0.5) is 0 Å². The summed E-state index contributed by atoms with van der Waals surface area (Å²) in [6.45, 7) is 6.99. The Hall–Kier alpha value is -2.14. The van der Waals surface area contributed by atoms with E-state index in [0.717, 1.165) is 54.3 Å². The van der Waals surface area contributed by atoms with Crippen LogP contribution in [0.5, 0.6) is 0 Å². The second kappa shape index (κ2) is 13.5. The number of nitrogens with two attached hydrogens (primary N) is 1. The molecule has 3 rings (SSSR count). The first-order chi connectivity index (χ1) is 14.9. The molecule has 0 aliphatic carbocycles. The van der Waals surface area contributed by atoms with Crippen molar-refractivity contribution in [3.8, 4) is 11.1 Å². The molecule has 6 heteroatoms. The molecule has 180 valence electrons. The molecule has 0 radical (unpaired) electrons. The van der Waals surface area contributed by atoms with Gasteiger partial charge in [0.1, 0.15) is 0 Å². The summed E-state index contributed by atoms with van der Waals surface area (Å²) >= 11 is 0. The topological polar surface area (TPSA) is 76.2 Å². The van der Waals surface area contributed by atoms with Gasteiger partial charge in [0.15, 0.2) is 0 Å². The molecule has 3 aromatic rings. The fourth-order valence-electron chi connectivity index (χ4n) is 4.16. The zero-order chi connectivity index (χ0) is 22.4. The number of aromatic nitrogens is 1. The molecule has 0 saturated carbocycles. The lowest BCUT2D eigenvalue weighted by molar-refractivity contribution is -0.137. The summed E-state index contributed by atoms with van der Waals surface area (Å²) in [6.07, 6.45) is 4.74. The molecule has 1 aromatic heterocycles. The monoisotopic (exact) mass is 490 g/mol. The smallest absolute Gasteiger partial charge is 0.303 e. The van der Waals surface area contributed by atoms with Gasteiger partial charge in [-0.15, -0.1) is 24.8 Å². The Kier molecular flexibility index (Phi) is 11.9. The molecule has 0 fully saturated rings. The van der Waals surface area contributed by atoms with Gasteiger partial charge in [0, 0.05) is 24.0 Å². The number of hydrogen-bond acceptors (Lipinski definition) is 3. The van der Waals surface area contributed by atoms with Crippen molar-refractivity contribution in [1.82, 2.24) is 4.98 Å². The predicted octanol–water partition coefficient (Wildman–Crippen LogP) is 6.90. The average molecular weight is 492 g/mol. The van der Waals surface area contributed by atoms with Crippen molar-refractivity contribution in [3.05, 3.63) is 64.8 Å². The third-order valence-electron chi connectivity index (χ3n) is 5.74. The molecule has 2 aromatic carbocycles. The summed E-state index contributed by atoms with van der Waals surface area (Å²) in [4.78, 5) is 15.7. The van der Waals surface area contributed by atoms with Crippen molar-refractivity contribution in [2.24, 2.45) is 11.7 Å². The predicted molar refractivity (Wildman–Crippen MR) is 143 cm³/mol. The normalized spacial score (nSPS) is 10.7. The van der Waals surface area contributed by atoms with E-state index >= 15 is 0 Å². The molecule has 0 aliphatic rings. The summed E-state index contributed by atoms with van der Waals surface area (Å²) in [5.74, 6) is -0.211. The van der Waals surface area contributed by atoms with Crippen molar-refractivity contribution in [1.29, 1.82) is 0 Å². The number of carboxylic acids is 1. The molecule has 0 bridgehead atoms. The van der Waals surface area contributed by atoms with Crippen LogP contribution in [0.1, 0.15) is 61.9 Å². The maximum atomic E-state index is 10.7. The Morgan fingerprint density at radius 3 is 2.33 bits per heavy atom. The molecule has 0 amide bonds. The van der Waals surface area contributed by atoms with E-state index in [1.807, 2.05) is 0 Å². The quantitative estimate of drug-likeness (QED) is 0.303. The highest BCUT2D eigenvalue weighted by molar-refractivity contribution is 5.97. The maximum absolute atomic E-state index is 10.7. The Morgan fingerprint density at radius 2 is 1.73 bits per heavy atom. The summed E-state index contributed by atoms with van der Waals surface area (Å²) in [7, 11) is 0. The fourth-order valence-corrected chi connectivity index (χ4v) is 4.16. The Morgan fingerprint density at radius 1 is 1.03 bits per heavy atom. The van der Waals surface area contributed by atoms with Gasteiger partial charge in [-0.05, 0) is 72.9 Å². The van der Waals surface area contributed by atoms with E-state index in [1.165, 1.54) is 22.3 Å². The van der Waals surface area contributed by atoms with Crippen LogP contribution in [0.25, 0.3) is 22.0 Å². The molecular weight excluding hydrogens is 455 g/mol. The van der Waals surface area contributed by atoms with Crippen LogP contribution >= 0.6 is 24.8 Å². The van der Waals surface area contributed by atoms with Gasteiger partial charge in [0.2, 0.25) is 0 Å². The van der Waals surface area contributed by atoms with Crippen molar-refractivity contribution in [3.63, 3.8) is 0 Å². The molecule has 33 heavy (non-hydrogen) atoms. The molecule has 0 atom stereocenters. The molecule has 0 unspecified atom stereocenters. The number of aryl methyl sites for hydroxylation is 2. The summed E-state index contributed by atoms with van der Waals surface area (Å²) < 4.78 is 0. The van der Waals surface area contributed by atoms with Crippen LogP contribution in [0.3, 0.4) is 0 Å². The van der Waals surface area contributed by atoms with Crippen LogP contribution in [0, 0.1) is 12.8 Å². The first kappa shape index (κ1) is 28.9. The van der Waals surface area contributed by atoms with Crippen LogP contribution < -0.4 is 5.73 Å². The molecular formula is C27H36Cl2N2O2. The van der Waals surface area contributed by atoms with Crippen LogP contribution in [0.2, 0.25) is 0 Å². The van der Waals surface area contributed by atoms with Gasteiger partial charge >= 0.3 is 5.97 Å². The van der Waals surface area contributed by atoms with E-state index in [-0.39, 0.29) is 31.2 Å². The van der Waals surface area contributed by atoms with Gasteiger partial charge < -0.3 is 10.8 Å². The average Bonchev–Trinajstić information content (AvgIpc) is 2.72. The zero-order valence-electron chi connectivity index (χ0n) is 19.8. The highest BCUT2D eigenvalue weighted by Gasteiger charge is 2.17. The number of rotatable bonds is 10. The lowest BCUT2D eigenvalue weighted by atomic mass is 9.90. The number of carbonyl (C=O) groups is 1. The highest BCUT2D eigenvalue weighted by Crippen LogP contribution is 2.35. The highest BCUT2D eigenvalue weighted by atomic mass is 35.5. The van der Waals surface area contributed by atoms with Gasteiger partial charge in [0.25, 0.3) is 0 Å². The molecule has 1 heterocycles. The van der Waals surface area contributed by atoms with Crippen LogP contribution in [-0.4, -0.2) is 16.1 Å². The Labute approximate surface area is 209 Å². The molecule has 3 N–H and O–H groups in total. The molecule has 0 aliphatic heterocycles. The number of benzene rings is 2. The maximum Gasteiger partial charge on any atom is 0.303 e. The standard InChI is InChI=1S/C27H34N2O2.2ClH/c1-18(2)15-25-23(17-28)27(21-12-9-19(3)10-13-21)22-16-20(11-14-24(22)29-25)7-5-4-6-8-26(30)31;;/h9-14,16,18H,4-8,15,17,28H2,1-3H3,(H,30,31);2*1H. The number of halogens is 2. The number of hydrogen-bond donors (Lipinski definition) is 2. The van der Waals surface area contributed by atoms with E-state index in [9.17, 15) is 4.79 Å². The number of aliphatic carboxylic acids is 1. The first-order valence-electron chi connectivity index (χ1n) is 11.3. The van der Waals surface area contributed by atoms with E-state index in [0.29, 0.717) is 12.5 Å². The SMILES string of the molecule is Cc1ccc(-c2c(CN)c(CC(C)C)nc3ccc(CCCCCC(=O)O)cc23)cc1.Cl.Cl. The molecule has 0 spiro atoms. The number of nitrogens with zero attached hydrogens (tertiary/aromatic N) is 1. The zero-order valence-corrected chi connectivity index (χ0v) is 21.4. The number of fused-ring (bicyclic) bond motifs is 1. The van der Waals surface area contributed by atoms with E-state index in [2.05, 4.69) is 63.2 Å². The Balaban J connectivity index is 0.00000272. The number of pyridine rings is 1.